The SMILES string of the molecule is CC1CN(C(=O)c2cccc(-n3cccc3)c2)CC(C)N1CCN(C)C. The molecule has 1 aliphatic heterocycles. The maximum Gasteiger partial charge on any atom is 0.254 e. The fourth-order valence-electron chi connectivity index (χ4n) is 3.77. The van der Waals surface area contributed by atoms with Gasteiger partial charge in [-0.1, -0.05) is 6.07 Å². The van der Waals surface area contributed by atoms with Gasteiger partial charge < -0.3 is 14.4 Å². The minimum Gasteiger partial charge on any atom is -0.336 e. The van der Waals surface area contributed by atoms with Gasteiger partial charge in [0, 0.05) is 61.9 Å². The number of aromatic nitrogens is 1. The zero-order valence-electron chi connectivity index (χ0n) is 16.3. The lowest BCUT2D eigenvalue weighted by Crippen LogP contribution is -2.59. The van der Waals surface area contributed by atoms with E-state index in [1.165, 1.54) is 0 Å². The topological polar surface area (TPSA) is 31.7 Å². The van der Waals surface area contributed by atoms with Crippen LogP contribution in [0.4, 0.5) is 0 Å². The molecule has 0 aliphatic carbocycles. The third-order valence-corrected chi connectivity index (χ3v) is 5.19. The largest absolute Gasteiger partial charge is 0.336 e. The van der Waals surface area contributed by atoms with Gasteiger partial charge in [0.05, 0.1) is 0 Å². The summed E-state index contributed by atoms with van der Waals surface area (Å²) in [5.41, 5.74) is 1.78. The Labute approximate surface area is 156 Å². The Kier molecular flexibility index (Phi) is 5.79. The maximum atomic E-state index is 13.1. The Morgan fingerprint density at radius 3 is 2.35 bits per heavy atom. The van der Waals surface area contributed by atoms with Crippen molar-refractivity contribution >= 4 is 5.91 Å². The number of benzene rings is 1. The standard InChI is InChI=1S/C21H30N4O/c1-17-15-24(16-18(2)25(17)13-12-22(3)4)21(26)19-8-7-9-20(14-19)23-10-5-6-11-23/h5-11,14,17-18H,12-13,15-16H2,1-4H3. The fraction of sp³-hybridized carbons (Fsp3) is 0.476. The molecule has 0 spiro atoms. The second kappa shape index (κ2) is 8.06. The molecule has 0 bridgehead atoms. The summed E-state index contributed by atoms with van der Waals surface area (Å²) in [4.78, 5) is 19.8. The third-order valence-electron chi connectivity index (χ3n) is 5.19. The summed E-state index contributed by atoms with van der Waals surface area (Å²) in [6, 6.07) is 12.6. The number of hydrogen-bond acceptors (Lipinski definition) is 3. The first kappa shape index (κ1) is 18.7. The Hall–Kier alpha value is -2.11. The van der Waals surface area contributed by atoms with Crippen molar-refractivity contribution in [3.63, 3.8) is 0 Å². The normalized spacial score (nSPS) is 21.3. The van der Waals surface area contributed by atoms with Crippen LogP contribution in [0.1, 0.15) is 24.2 Å². The molecule has 1 aromatic carbocycles. The summed E-state index contributed by atoms with van der Waals surface area (Å²) in [7, 11) is 4.21. The maximum absolute atomic E-state index is 13.1. The van der Waals surface area contributed by atoms with Crippen molar-refractivity contribution in [2.24, 2.45) is 0 Å². The zero-order chi connectivity index (χ0) is 18.7. The van der Waals surface area contributed by atoms with E-state index in [2.05, 4.69) is 37.7 Å². The van der Waals surface area contributed by atoms with E-state index in [0.29, 0.717) is 12.1 Å². The predicted octanol–water partition coefficient (Wildman–Crippen LogP) is 2.57. The molecule has 1 fully saturated rings. The van der Waals surface area contributed by atoms with Gasteiger partial charge in [-0.2, -0.15) is 0 Å². The van der Waals surface area contributed by atoms with E-state index in [9.17, 15) is 4.79 Å². The van der Waals surface area contributed by atoms with Crippen molar-refractivity contribution < 1.29 is 4.79 Å². The highest BCUT2D eigenvalue weighted by Gasteiger charge is 2.31. The molecule has 2 atom stereocenters. The zero-order valence-corrected chi connectivity index (χ0v) is 16.3. The number of nitrogens with zero attached hydrogens (tertiary/aromatic N) is 4. The van der Waals surface area contributed by atoms with Gasteiger partial charge in [0.15, 0.2) is 0 Å². The number of amides is 1. The van der Waals surface area contributed by atoms with Gasteiger partial charge in [0.1, 0.15) is 0 Å². The van der Waals surface area contributed by atoms with E-state index in [4.69, 9.17) is 0 Å². The Balaban J connectivity index is 1.70. The Bertz CT molecular complexity index is 713. The first-order valence-corrected chi connectivity index (χ1v) is 9.39. The van der Waals surface area contributed by atoms with Crippen LogP contribution in [-0.2, 0) is 0 Å². The summed E-state index contributed by atoms with van der Waals surface area (Å²) in [6.07, 6.45) is 3.99. The highest BCUT2D eigenvalue weighted by atomic mass is 16.2. The van der Waals surface area contributed by atoms with Crippen molar-refractivity contribution in [2.75, 3.05) is 40.3 Å². The first-order chi connectivity index (χ1) is 12.5. The molecule has 26 heavy (non-hydrogen) atoms. The van der Waals surface area contributed by atoms with Crippen LogP contribution >= 0.6 is 0 Å². The third kappa shape index (κ3) is 4.17. The molecule has 0 N–H and O–H groups in total. The number of rotatable bonds is 5. The molecule has 5 heteroatoms. The van der Waals surface area contributed by atoms with E-state index in [-0.39, 0.29) is 5.91 Å². The molecule has 0 saturated carbocycles. The van der Waals surface area contributed by atoms with E-state index in [0.717, 1.165) is 37.4 Å². The van der Waals surface area contributed by atoms with Crippen LogP contribution in [0.2, 0.25) is 0 Å². The summed E-state index contributed by atoms with van der Waals surface area (Å²) in [5, 5.41) is 0. The lowest BCUT2D eigenvalue weighted by Gasteiger charge is -2.44. The molecule has 140 valence electrons. The van der Waals surface area contributed by atoms with Gasteiger partial charge >= 0.3 is 0 Å². The van der Waals surface area contributed by atoms with E-state index in [1.807, 2.05) is 58.3 Å². The number of carbonyl (C=O) groups is 1. The molecule has 2 heterocycles. The summed E-state index contributed by atoms with van der Waals surface area (Å²) in [6.45, 7) is 8.10. The van der Waals surface area contributed by atoms with Crippen LogP contribution < -0.4 is 0 Å². The highest BCUT2D eigenvalue weighted by molar-refractivity contribution is 5.95. The van der Waals surface area contributed by atoms with Gasteiger partial charge in [-0.3, -0.25) is 9.69 Å². The molecule has 1 aromatic heterocycles. The smallest absolute Gasteiger partial charge is 0.254 e. The van der Waals surface area contributed by atoms with Crippen molar-refractivity contribution in [2.45, 2.75) is 25.9 Å². The Morgan fingerprint density at radius 2 is 1.73 bits per heavy atom. The second-order valence-corrected chi connectivity index (χ2v) is 7.59. The van der Waals surface area contributed by atoms with Crippen molar-refractivity contribution in [1.82, 2.24) is 19.3 Å². The number of hydrogen-bond donors (Lipinski definition) is 0. The van der Waals surface area contributed by atoms with Gasteiger partial charge in [-0.15, -0.1) is 0 Å². The number of carbonyl (C=O) groups excluding carboxylic acids is 1. The molecule has 1 aliphatic rings. The van der Waals surface area contributed by atoms with Gasteiger partial charge in [-0.05, 0) is 58.3 Å². The molecule has 3 rings (SSSR count). The minimum absolute atomic E-state index is 0.130. The fourth-order valence-corrected chi connectivity index (χ4v) is 3.77. The van der Waals surface area contributed by atoms with Crippen LogP contribution in [0, 0.1) is 0 Å². The quantitative estimate of drug-likeness (QED) is 0.827. The first-order valence-electron chi connectivity index (χ1n) is 9.39. The highest BCUT2D eigenvalue weighted by Crippen LogP contribution is 2.19. The summed E-state index contributed by atoms with van der Waals surface area (Å²) >= 11 is 0. The Morgan fingerprint density at radius 1 is 1.08 bits per heavy atom. The van der Waals surface area contributed by atoms with E-state index in [1.54, 1.807) is 0 Å². The van der Waals surface area contributed by atoms with Crippen LogP contribution in [0.15, 0.2) is 48.8 Å². The summed E-state index contributed by atoms with van der Waals surface area (Å²) < 4.78 is 2.03. The molecular formula is C21H30N4O. The average Bonchev–Trinajstić information content (AvgIpc) is 3.15. The minimum atomic E-state index is 0.130. The molecule has 2 aromatic rings. The van der Waals surface area contributed by atoms with Crippen molar-refractivity contribution in [1.29, 1.82) is 0 Å². The molecule has 1 amide bonds. The monoisotopic (exact) mass is 354 g/mol. The van der Waals surface area contributed by atoms with E-state index >= 15 is 0 Å². The number of likely N-dealkylation sites (N-methyl/N-ethyl adjacent to an activating group) is 1. The predicted molar refractivity (Wildman–Crippen MR) is 106 cm³/mol. The van der Waals surface area contributed by atoms with Gasteiger partial charge in [0.25, 0.3) is 5.91 Å². The van der Waals surface area contributed by atoms with Crippen LogP contribution in [0.3, 0.4) is 0 Å². The molecule has 1 saturated heterocycles. The molecule has 0 radical (unpaired) electrons. The lowest BCUT2D eigenvalue weighted by molar-refractivity contribution is 0.0283. The van der Waals surface area contributed by atoms with E-state index < -0.39 is 0 Å². The van der Waals surface area contributed by atoms with Crippen molar-refractivity contribution in [3.05, 3.63) is 54.4 Å². The van der Waals surface area contributed by atoms with Crippen LogP contribution in [0.25, 0.3) is 5.69 Å². The lowest BCUT2D eigenvalue weighted by atomic mass is 10.1. The van der Waals surface area contributed by atoms with Gasteiger partial charge in [-0.25, -0.2) is 0 Å². The summed E-state index contributed by atoms with van der Waals surface area (Å²) in [5.74, 6) is 0.130. The van der Waals surface area contributed by atoms with Crippen LogP contribution in [0.5, 0.6) is 0 Å². The second-order valence-electron chi connectivity index (χ2n) is 7.59. The molecular weight excluding hydrogens is 324 g/mol. The molecule has 2 unspecified atom stereocenters. The van der Waals surface area contributed by atoms with Gasteiger partial charge in [0.2, 0.25) is 0 Å². The molecule has 5 nitrogen and oxygen atoms in total. The average molecular weight is 354 g/mol. The number of piperazine rings is 1. The van der Waals surface area contributed by atoms with Crippen molar-refractivity contribution in [3.8, 4) is 5.69 Å². The van der Waals surface area contributed by atoms with Crippen LogP contribution in [-0.4, -0.2) is 77.5 Å².